The third-order valence-electron chi connectivity index (χ3n) is 6.34. The predicted molar refractivity (Wildman–Crippen MR) is 132 cm³/mol. The van der Waals surface area contributed by atoms with Gasteiger partial charge in [-0.15, -0.1) is 0 Å². The van der Waals surface area contributed by atoms with Crippen molar-refractivity contribution in [1.29, 1.82) is 0 Å². The van der Waals surface area contributed by atoms with Gasteiger partial charge in [0, 0.05) is 37.0 Å². The van der Waals surface area contributed by atoms with E-state index in [0.29, 0.717) is 11.7 Å². The lowest BCUT2D eigenvalue weighted by Gasteiger charge is -2.34. The Bertz CT molecular complexity index is 1320. The van der Waals surface area contributed by atoms with Crippen LogP contribution >= 0.6 is 0 Å². The van der Waals surface area contributed by atoms with Gasteiger partial charge >= 0.3 is 0 Å². The minimum absolute atomic E-state index is 0.168. The van der Waals surface area contributed by atoms with Crippen molar-refractivity contribution in [3.05, 3.63) is 54.0 Å². The van der Waals surface area contributed by atoms with Gasteiger partial charge in [0.05, 0.1) is 30.9 Å². The van der Waals surface area contributed by atoms with Gasteiger partial charge in [-0.25, -0.2) is 14.4 Å². The standard InChI is InChI=1S/C26H28FN5O2/c1-15-10-16(12-17(27)11-15)20-14-29-26(34-3)23(24(20)32-8-6-18(28)7-9-32)25-30-21-5-4-19(33-2)13-22(21)31-25/h4-5,10-14,18H,6-9,28H2,1-3H3,(H,30,31). The number of aryl methyl sites for hydroxylation is 1. The molecule has 5 rings (SSSR count). The number of nitrogens with two attached hydrogens (primary N) is 1. The van der Waals surface area contributed by atoms with E-state index in [0.717, 1.165) is 70.7 Å². The number of aromatic nitrogens is 3. The second kappa shape index (κ2) is 8.95. The largest absolute Gasteiger partial charge is 0.497 e. The highest BCUT2D eigenvalue weighted by Gasteiger charge is 2.28. The molecule has 34 heavy (non-hydrogen) atoms. The van der Waals surface area contributed by atoms with Crippen LogP contribution in [-0.4, -0.2) is 48.3 Å². The summed E-state index contributed by atoms with van der Waals surface area (Å²) in [5.41, 5.74) is 11.9. The van der Waals surface area contributed by atoms with Crippen LogP contribution < -0.4 is 20.1 Å². The summed E-state index contributed by atoms with van der Waals surface area (Å²) in [6.45, 7) is 3.43. The molecule has 1 aliphatic heterocycles. The van der Waals surface area contributed by atoms with E-state index in [4.69, 9.17) is 20.2 Å². The Hall–Kier alpha value is -3.65. The van der Waals surface area contributed by atoms with Crippen LogP contribution in [0.5, 0.6) is 11.6 Å². The Balaban J connectivity index is 1.77. The van der Waals surface area contributed by atoms with E-state index in [1.807, 2.05) is 31.2 Å². The molecular weight excluding hydrogens is 433 g/mol. The van der Waals surface area contributed by atoms with Crippen LogP contribution in [0.2, 0.25) is 0 Å². The smallest absolute Gasteiger partial charge is 0.226 e. The monoisotopic (exact) mass is 461 g/mol. The molecule has 0 spiro atoms. The fraction of sp³-hybridized carbons (Fsp3) is 0.308. The first-order valence-electron chi connectivity index (χ1n) is 11.4. The van der Waals surface area contributed by atoms with E-state index in [9.17, 15) is 4.39 Å². The zero-order valence-corrected chi connectivity index (χ0v) is 19.6. The number of ether oxygens (including phenoxy) is 2. The van der Waals surface area contributed by atoms with Crippen LogP contribution in [0.3, 0.4) is 0 Å². The van der Waals surface area contributed by atoms with Crippen LogP contribution in [-0.2, 0) is 0 Å². The first-order chi connectivity index (χ1) is 16.5. The van der Waals surface area contributed by atoms with E-state index in [-0.39, 0.29) is 11.9 Å². The van der Waals surface area contributed by atoms with E-state index in [1.165, 1.54) is 6.07 Å². The maximum Gasteiger partial charge on any atom is 0.226 e. The van der Waals surface area contributed by atoms with Crippen molar-refractivity contribution in [2.45, 2.75) is 25.8 Å². The van der Waals surface area contributed by atoms with Gasteiger partial charge in [0.2, 0.25) is 5.88 Å². The fourth-order valence-corrected chi connectivity index (χ4v) is 4.64. The van der Waals surface area contributed by atoms with Crippen molar-refractivity contribution in [1.82, 2.24) is 15.0 Å². The number of rotatable bonds is 5. The van der Waals surface area contributed by atoms with Crippen molar-refractivity contribution in [3.8, 4) is 34.1 Å². The lowest BCUT2D eigenvalue weighted by atomic mass is 9.97. The van der Waals surface area contributed by atoms with Crippen molar-refractivity contribution in [3.63, 3.8) is 0 Å². The van der Waals surface area contributed by atoms with E-state index >= 15 is 0 Å². The topological polar surface area (TPSA) is 89.3 Å². The van der Waals surface area contributed by atoms with Gasteiger partial charge in [0.25, 0.3) is 0 Å². The summed E-state index contributed by atoms with van der Waals surface area (Å²) in [4.78, 5) is 15.2. The molecule has 0 aliphatic carbocycles. The molecule has 0 saturated carbocycles. The maximum atomic E-state index is 14.4. The SMILES string of the molecule is COc1ccc2nc(-c3c(OC)ncc(-c4cc(C)cc(F)c4)c3N3CCC(N)CC3)[nH]c2c1. The molecule has 1 fully saturated rings. The van der Waals surface area contributed by atoms with Crippen LogP contribution in [0.15, 0.2) is 42.6 Å². The van der Waals surface area contributed by atoms with Crippen LogP contribution in [0.1, 0.15) is 18.4 Å². The number of nitrogens with one attached hydrogen (secondary N) is 1. The number of halogens is 1. The zero-order valence-electron chi connectivity index (χ0n) is 19.6. The zero-order chi connectivity index (χ0) is 23.8. The summed E-state index contributed by atoms with van der Waals surface area (Å²) in [6, 6.07) is 10.9. The Morgan fingerprint density at radius 1 is 1.09 bits per heavy atom. The maximum absolute atomic E-state index is 14.4. The molecule has 176 valence electrons. The molecule has 8 heteroatoms. The first kappa shape index (κ1) is 22.2. The molecule has 3 heterocycles. The van der Waals surface area contributed by atoms with Crippen molar-refractivity contribution in [2.75, 3.05) is 32.2 Å². The molecule has 7 nitrogen and oxygen atoms in total. The highest BCUT2D eigenvalue weighted by Crippen LogP contribution is 2.44. The minimum Gasteiger partial charge on any atom is -0.497 e. The second-order valence-corrected chi connectivity index (χ2v) is 8.71. The lowest BCUT2D eigenvalue weighted by Crippen LogP contribution is -2.40. The number of piperidine rings is 1. The summed E-state index contributed by atoms with van der Waals surface area (Å²) >= 11 is 0. The van der Waals surface area contributed by atoms with Crippen molar-refractivity contribution < 1.29 is 13.9 Å². The molecular formula is C26H28FN5O2. The van der Waals surface area contributed by atoms with Gasteiger partial charge in [-0.2, -0.15) is 0 Å². The van der Waals surface area contributed by atoms with Crippen LogP contribution in [0, 0.1) is 12.7 Å². The Labute approximate surface area is 197 Å². The third-order valence-corrected chi connectivity index (χ3v) is 6.34. The Kier molecular flexibility index (Phi) is 5.83. The molecule has 0 unspecified atom stereocenters. The molecule has 0 atom stereocenters. The van der Waals surface area contributed by atoms with Gasteiger partial charge in [-0.1, -0.05) is 6.07 Å². The lowest BCUT2D eigenvalue weighted by molar-refractivity contribution is 0.399. The second-order valence-electron chi connectivity index (χ2n) is 8.71. The summed E-state index contributed by atoms with van der Waals surface area (Å²) in [7, 11) is 3.23. The molecule has 2 aromatic carbocycles. The van der Waals surface area contributed by atoms with Crippen molar-refractivity contribution in [2.24, 2.45) is 5.73 Å². The number of nitrogens with zero attached hydrogens (tertiary/aromatic N) is 3. The summed E-state index contributed by atoms with van der Waals surface area (Å²) in [5.74, 6) is 1.54. The average Bonchev–Trinajstić information content (AvgIpc) is 3.26. The number of pyridine rings is 1. The number of benzene rings is 2. The molecule has 0 radical (unpaired) electrons. The van der Waals surface area contributed by atoms with Crippen LogP contribution in [0.25, 0.3) is 33.5 Å². The van der Waals surface area contributed by atoms with E-state index in [1.54, 1.807) is 26.5 Å². The van der Waals surface area contributed by atoms with Gasteiger partial charge in [0.15, 0.2) is 0 Å². The van der Waals surface area contributed by atoms with Gasteiger partial charge < -0.3 is 25.1 Å². The number of imidazole rings is 1. The molecule has 2 aromatic heterocycles. The average molecular weight is 462 g/mol. The Morgan fingerprint density at radius 3 is 2.59 bits per heavy atom. The Morgan fingerprint density at radius 2 is 1.88 bits per heavy atom. The molecule has 3 N–H and O–H groups in total. The third kappa shape index (κ3) is 4.05. The summed E-state index contributed by atoms with van der Waals surface area (Å²) in [6.07, 6.45) is 3.48. The number of anilines is 1. The number of fused-ring (bicyclic) bond motifs is 1. The summed E-state index contributed by atoms with van der Waals surface area (Å²) < 4.78 is 25.5. The number of methoxy groups -OCH3 is 2. The quantitative estimate of drug-likeness (QED) is 0.448. The van der Waals surface area contributed by atoms with Crippen molar-refractivity contribution >= 4 is 16.7 Å². The molecule has 0 amide bonds. The van der Waals surface area contributed by atoms with Crippen LogP contribution in [0.4, 0.5) is 10.1 Å². The predicted octanol–water partition coefficient (Wildman–Crippen LogP) is 4.68. The van der Waals surface area contributed by atoms with Gasteiger partial charge in [-0.3, -0.25) is 0 Å². The van der Waals surface area contributed by atoms with Gasteiger partial charge in [0.1, 0.15) is 23.0 Å². The molecule has 0 bridgehead atoms. The highest BCUT2D eigenvalue weighted by molar-refractivity contribution is 5.93. The highest BCUT2D eigenvalue weighted by atomic mass is 19.1. The number of hydrogen-bond acceptors (Lipinski definition) is 6. The van der Waals surface area contributed by atoms with Gasteiger partial charge in [-0.05, 0) is 55.2 Å². The number of aromatic amines is 1. The number of hydrogen-bond donors (Lipinski definition) is 2. The first-order valence-corrected chi connectivity index (χ1v) is 11.4. The number of H-pyrrole nitrogens is 1. The molecule has 1 aliphatic rings. The normalized spacial score (nSPS) is 14.6. The van der Waals surface area contributed by atoms with E-state index in [2.05, 4.69) is 14.9 Å². The minimum atomic E-state index is -0.283. The molecule has 1 saturated heterocycles. The molecule has 4 aromatic rings. The van der Waals surface area contributed by atoms with E-state index < -0.39 is 0 Å². The summed E-state index contributed by atoms with van der Waals surface area (Å²) in [5, 5.41) is 0. The fourth-order valence-electron chi connectivity index (χ4n) is 4.64.